The van der Waals surface area contributed by atoms with Crippen LogP contribution in [0, 0.1) is 5.82 Å². The van der Waals surface area contributed by atoms with Crippen molar-refractivity contribution >= 4 is 5.82 Å². The summed E-state index contributed by atoms with van der Waals surface area (Å²) in [7, 11) is 1.48. The third-order valence-corrected chi connectivity index (χ3v) is 2.34. The molecule has 0 aliphatic heterocycles. The molecule has 0 saturated carbocycles. The van der Waals surface area contributed by atoms with E-state index in [1.165, 1.54) is 31.4 Å². The normalized spacial score (nSPS) is 10.2. The highest BCUT2D eigenvalue weighted by molar-refractivity contribution is 5.71. The van der Waals surface area contributed by atoms with E-state index in [2.05, 4.69) is 4.98 Å². The largest absolute Gasteiger partial charge is 0.496 e. The first-order valence-electron chi connectivity index (χ1n) is 4.94. The number of benzene rings is 1. The van der Waals surface area contributed by atoms with Gasteiger partial charge in [-0.2, -0.15) is 0 Å². The fraction of sp³-hybridized carbons (Fsp3) is 0.0833. The molecule has 3 N–H and O–H groups in total. The van der Waals surface area contributed by atoms with Gasteiger partial charge in [-0.05, 0) is 29.8 Å². The van der Waals surface area contributed by atoms with E-state index in [9.17, 15) is 9.18 Å². The number of nitrogens with two attached hydrogens (primary N) is 1. The number of hydrogen-bond donors (Lipinski definition) is 2. The third-order valence-electron chi connectivity index (χ3n) is 2.34. The van der Waals surface area contributed by atoms with Gasteiger partial charge in [0, 0.05) is 11.6 Å². The van der Waals surface area contributed by atoms with Crippen molar-refractivity contribution in [2.24, 2.45) is 0 Å². The minimum atomic E-state index is -0.403. The summed E-state index contributed by atoms with van der Waals surface area (Å²) in [6.07, 6.45) is 0. The Bertz CT molecular complexity index is 608. The standard InChI is InChI=1S/C12H11FN2O2/c1-17-10-3-2-8(13)6-9(10)7-4-11(14)15-12(16)5-7/h2-6H,1H3,(H3,14,15,16). The minimum Gasteiger partial charge on any atom is -0.496 e. The van der Waals surface area contributed by atoms with Crippen molar-refractivity contribution in [3.8, 4) is 16.9 Å². The number of ether oxygens (including phenoxy) is 1. The first-order valence-corrected chi connectivity index (χ1v) is 4.94. The van der Waals surface area contributed by atoms with Gasteiger partial charge >= 0.3 is 0 Å². The number of nitrogen functional groups attached to an aromatic ring is 1. The van der Waals surface area contributed by atoms with Crippen LogP contribution in [0.25, 0.3) is 11.1 Å². The van der Waals surface area contributed by atoms with Gasteiger partial charge in [0.1, 0.15) is 17.4 Å². The van der Waals surface area contributed by atoms with Crippen LogP contribution in [0.15, 0.2) is 35.1 Å². The molecule has 0 amide bonds. The Kier molecular flexibility index (Phi) is 2.82. The Labute approximate surface area is 96.9 Å². The molecule has 2 aromatic rings. The SMILES string of the molecule is COc1ccc(F)cc1-c1cc(N)[nH]c(=O)c1. The van der Waals surface area contributed by atoms with E-state index in [1.54, 1.807) is 6.07 Å². The molecule has 0 unspecified atom stereocenters. The maximum atomic E-state index is 13.2. The number of halogens is 1. The van der Waals surface area contributed by atoms with E-state index in [4.69, 9.17) is 10.5 Å². The highest BCUT2D eigenvalue weighted by Crippen LogP contribution is 2.30. The van der Waals surface area contributed by atoms with Crippen LogP contribution in [0.3, 0.4) is 0 Å². The Morgan fingerprint density at radius 1 is 1.29 bits per heavy atom. The Hall–Kier alpha value is -2.30. The number of rotatable bonds is 2. The van der Waals surface area contributed by atoms with Crippen molar-refractivity contribution in [3.63, 3.8) is 0 Å². The van der Waals surface area contributed by atoms with Crippen LogP contribution < -0.4 is 16.0 Å². The smallest absolute Gasteiger partial charge is 0.250 e. The molecular weight excluding hydrogens is 223 g/mol. The molecule has 0 saturated heterocycles. The molecule has 0 spiro atoms. The number of H-pyrrole nitrogens is 1. The molecule has 2 rings (SSSR count). The first-order chi connectivity index (χ1) is 8.10. The van der Waals surface area contributed by atoms with Gasteiger partial charge < -0.3 is 15.5 Å². The minimum absolute atomic E-state index is 0.221. The average molecular weight is 234 g/mol. The van der Waals surface area contributed by atoms with E-state index in [-0.39, 0.29) is 11.4 Å². The summed E-state index contributed by atoms with van der Waals surface area (Å²) in [6, 6.07) is 6.99. The summed E-state index contributed by atoms with van der Waals surface area (Å²) < 4.78 is 18.3. The van der Waals surface area contributed by atoms with Gasteiger partial charge in [0.2, 0.25) is 5.56 Å². The quantitative estimate of drug-likeness (QED) is 0.832. The van der Waals surface area contributed by atoms with Crippen molar-refractivity contribution in [2.75, 3.05) is 12.8 Å². The number of hydrogen-bond acceptors (Lipinski definition) is 3. The Balaban J connectivity index is 2.66. The molecule has 0 radical (unpaired) electrons. The van der Waals surface area contributed by atoms with Crippen LogP contribution in [0.2, 0.25) is 0 Å². The molecule has 4 nitrogen and oxygen atoms in total. The summed E-state index contributed by atoms with van der Waals surface area (Å²) in [5.41, 5.74) is 6.20. The zero-order valence-electron chi connectivity index (χ0n) is 9.16. The van der Waals surface area contributed by atoms with Crippen LogP contribution in [0.5, 0.6) is 5.75 Å². The maximum absolute atomic E-state index is 13.2. The van der Waals surface area contributed by atoms with E-state index in [0.717, 1.165) is 0 Å². The number of nitrogens with one attached hydrogen (secondary N) is 1. The summed E-state index contributed by atoms with van der Waals surface area (Å²) in [5.74, 6) is 0.301. The average Bonchev–Trinajstić information content (AvgIpc) is 2.27. The second-order valence-corrected chi connectivity index (χ2v) is 3.53. The van der Waals surface area contributed by atoms with Crippen molar-refractivity contribution in [3.05, 3.63) is 46.5 Å². The fourth-order valence-corrected chi connectivity index (χ4v) is 1.63. The molecule has 0 aliphatic rings. The summed E-state index contributed by atoms with van der Waals surface area (Å²) in [6.45, 7) is 0. The predicted molar refractivity (Wildman–Crippen MR) is 63.4 cm³/mol. The third kappa shape index (κ3) is 2.28. The second-order valence-electron chi connectivity index (χ2n) is 3.53. The van der Waals surface area contributed by atoms with E-state index in [0.29, 0.717) is 16.9 Å². The lowest BCUT2D eigenvalue weighted by Gasteiger charge is -2.08. The topological polar surface area (TPSA) is 68.1 Å². The van der Waals surface area contributed by atoms with Crippen molar-refractivity contribution in [2.45, 2.75) is 0 Å². The van der Waals surface area contributed by atoms with Crippen molar-refractivity contribution < 1.29 is 9.13 Å². The molecule has 0 fully saturated rings. The van der Waals surface area contributed by atoms with E-state index in [1.807, 2.05) is 0 Å². The van der Waals surface area contributed by atoms with Crippen LogP contribution in [0.1, 0.15) is 0 Å². The van der Waals surface area contributed by atoms with Crippen LogP contribution in [0.4, 0.5) is 10.2 Å². The molecule has 17 heavy (non-hydrogen) atoms. The first kappa shape index (κ1) is 11.2. The van der Waals surface area contributed by atoms with Gasteiger partial charge in [-0.3, -0.25) is 4.79 Å². The van der Waals surface area contributed by atoms with Gasteiger partial charge in [0.15, 0.2) is 0 Å². The zero-order valence-corrected chi connectivity index (χ0v) is 9.16. The number of aromatic nitrogens is 1. The van der Waals surface area contributed by atoms with Gasteiger partial charge in [-0.15, -0.1) is 0 Å². The highest BCUT2D eigenvalue weighted by Gasteiger charge is 2.08. The zero-order chi connectivity index (χ0) is 12.4. The van der Waals surface area contributed by atoms with E-state index < -0.39 is 5.82 Å². The van der Waals surface area contributed by atoms with Crippen molar-refractivity contribution in [1.82, 2.24) is 4.98 Å². The number of aromatic amines is 1. The number of pyridine rings is 1. The highest BCUT2D eigenvalue weighted by atomic mass is 19.1. The molecular formula is C12H11FN2O2. The van der Waals surface area contributed by atoms with Crippen LogP contribution >= 0.6 is 0 Å². The molecule has 1 aromatic carbocycles. The molecule has 0 aliphatic carbocycles. The molecule has 5 heteroatoms. The summed E-state index contributed by atoms with van der Waals surface area (Å²) in [5, 5.41) is 0. The lowest BCUT2D eigenvalue weighted by Crippen LogP contribution is -2.07. The van der Waals surface area contributed by atoms with Crippen molar-refractivity contribution in [1.29, 1.82) is 0 Å². The number of anilines is 1. The monoisotopic (exact) mass is 234 g/mol. The molecule has 1 aromatic heterocycles. The van der Waals surface area contributed by atoms with Crippen LogP contribution in [-0.2, 0) is 0 Å². The Morgan fingerprint density at radius 3 is 2.71 bits per heavy atom. The van der Waals surface area contributed by atoms with Gasteiger partial charge in [0.05, 0.1) is 7.11 Å². The van der Waals surface area contributed by atoms with Crippen LogP contribution in [-0.4, -0.2) is 12.1 Å². The predicted octanol–water partition coefficient (Wildman–Crippen LogP) is 1.77. The fourth-order valence-electron chi connectivity index (χ4n) is 1.63. The van der Waals surface area contributed by atoms with E-state index >= 15 is 0 Å². The lowest BCUT2D eigenvalue weighted by molar-refractivity contribution is 0.415. The lowest BCUT2D eigenvalue weighted by atomic mass is 10.1. The maximum Gasteiger partial charge on any atom is 0.250 e. The molecule has 0 atom stereocenters. The second kappa shape index (κ2) is 4.29. The molecule has 0 bridgehead atoms. The number of methoxy groups -OCH3 is 1. The van der Waals surface area contributed by atoms with Gasteiger partial charge in [-0.1, -0.05) is 0 Å². The summed E-state index contributed by atoms with van der Waals surface area (Å²) >= 11 is 0. The summed E-state index contributed by atoms with van der Waals surface area (Å²) in [4.78, 5) is 13.7. The Morgan fingerprint density at radius 2 is 2.06 bits per heavy atom. The molecule has 88 valence electrons. The molecule has 1 heterocycles. The van der Waals surface area contributed by atoms with Gasteiger partial charge in [0.25, 0.3) is 0 Å². The van der Waals surface area contributed by atoms with Gasteiger partial charge in [-0.25, -0.2) is 4.39 Å².